The van der Waals surface area contributed by atoms with Crippen molar-refractivity contribution in [1.29, 1.82) is 0 Å². The van der Waals surface area contributed by atoms with Gasteiger partial charge in [-0.1, -0.05) is 48.0 Å². The van der Waals surface area contributed by atoms with Gasteiger partial charge in [-0.2, -0.15) is 0 Å². The number of rotatable bonds is 11. The maximum atomic E-state index is 12.4. The highest BCUT2D eigenvalue weighted by Gasteiger charge is 2.12. The van der Waals surface area contributed by atoms with E-state index >= 15 is 0 Å². The van der Waals surface area contributed by atoms with Crippen LogP contribution in [0, 0.1) is 13.8 Å². The van der Waals surface area contributed by atoms with E-state index in [0.717, 1.165) is 54.8 Å². The molecule has 0 aliphatic rings. The highest BCUT2D eigenvalue weighted by atomic mass is 35.5. The van der Waals surface area contributed by atoms with E-state index in [2.05, 4.69) is 48.0 Å². The summed E-state index contributed by atoms with van der Waals surface area (Å²) in [6.07, 6.45) is 3.56. The Kier molecular flexibility index (Phi) is 8.43. The third kappa shape index (κ3) is 6.23. The van der Waals surface area contributed by atoms with Crippen LogP contribution in [0.3, 0.4) is 0 Å². The first kappa shape index (κ1) is 24.8. The Hall–Kier alpha value is -3.31. The molecule has 1 amide bonds. The van der Waals surface area contributed by atoms with Crippen LogP contribution >= 0.6 is 11.6 Å². The predicted molar refractivity (Wildman–Crippen MR) is 142 cm³/mol. The number of carbonyl (C=O) groups excluding carboxylic acids is 1. The molecule has 3 aromatic carbocycles. The molecule has 0 aliphatic heterocycles. The van der Waals surface area contributed by atoms with Gasteiger partial charge in [0.05, 0.1) is 28.2 Å². The topological polar surface area (TPSA) is 56.1 Å². The van der Waals surface area contributed by atoms with E-state index in [0.29, 0.717) is 23.7 Å². The van der Waals surface area contributed by atoms with E-state index in [1.165, 1.54) is 11.1 Å². The van der Waals surface area contributed by atoms with Crippen molar-refractivity contribution in [2.45, 2.75) is 46.1 Å². The van der Waals surface area contributed by atoms with Gasteiger partial charge in [-0.3, -0.25) is 4.79 Å². The summed E-state index contributed by atoms with van der Waals surface area (Å²) >= 11 is 6.13. The third-order valence-corrected chi connectivity index (χ3v) is 6.63. The standard InChI is InChI=1S/C29H32ClN3O2/c1-21-11-9-16-27(22(21)2)35-20-8-7-19-33-26-15-6-5-14-25(26)32-28(33)17-10-18-31-29(34)23-12-3-4-13-24(23)30/h3-6,9,11-16H,7-8,10,17-20H2,1-2H3,(H,31,34). The lowest BCUT2D eigenvalue weighted by Crippen LogP contribution is -2.25. The van der Waals surface area contributed by atoms with E-state index in [1.807, 2.05) is 30.3 Å². The molecule has 1 heterocycles. The van der Waals surface area contributed by atoms with Crippen LogP contribution in [-0.2, 0) is 13.0 Å². The van der Waals surface area contributed by atoms with Crippen LogP contribution in [0.25, 0.3) is 11.0 Å². The fourth-order valence-electron chi connectivity index (χ4n) is 4.19. The van der Waals surface area contributed by atoms with E-state index in [9.17, 15) is 4.79 Å². The van der Waals surface area contributed by atoms with Crippen molar-refractivity contribution in [3.05, 3.63) is 94.3 Å². The average Bonchev–Trinajstić information content (AvgIpc) is 3.21. The third-order valence-electron chi connectivity index (χ3n) is 6.30. The Morgan fingerprint density at radius 3 is 2.63 bits per heavy atom. The molecule has 0 atom stereocenters. The zero-order valence-electron chi connectivity index (χ0n) is 20.4. The number of amides is 1. The highest BCUT2D eigenvalue weighted by Crippen LogP contribution is 2.22. The number of nitrogens with zero attached hydrogens (tertiary/aromatic N) is 2. The van der Waals surface area contributed by atoms with Crippen LogP contribution in [0.4, 0.5) is 0 Å². The number of halogens is 1. The van der Waals surface area contributed by atoms with Crippen LogP contribution in [0.15, 0.2) is 66.7 Å². The molecule has 0 fully saturated rings. The first-order chi connectivity index (χ1) is 17.0. The molecule has 4 aromatic rings. The van der Waals surface area contributed by atoms with E-state index < -0.39 is 0 Å². The largest absolute Gasteiger partial charge is 0.493 e. The van der Waals surface area contributed by atoms with E-state index in [-0.39, 0.29) is 5.91 Å². The predicted octanol–water partition coefficient (Wildman–Crippen LogP) is 6.53. The molecule has 0 aliphatic carbocycles. The Labute approximate surface area is 212 Å². The smallest absolute Gasteiger partial charge is 0.252 e. The fourth-order valence-corrected chi connectivity index (χ4v) is 4.41. The number of unbranched alkanes of at least 4 members (excludes halogenated alkanes) is 1. The minimum absolute atomic E-state index is 0.145. The van der Waals surface area contributed by atoms with Gasteiger partial charge in [0.2, 0.25) is 0 Å². The molecule has 1 aromatic heterocycles. The monoisotopic (exact) mass is 489 g/mol. The molecule has 1 N–H and O–H groups in total. The summed E-state index contributed by atoms with van der Waals surface area (Å²) in [6.45, 7) is 6.36. The summed E-state index contributed by atoms with van der Waals surface area (Å²) in [5.74, 6) is 1.87. The first-order valence-electron chi connectivity index (χ1n) is 12.2. The van der Waals surface area contributed by atoms with Crippen molar-refractivity contribution in [1.82, 2.24) is 14.9 Å². The summed E-state index contributed by atoms with van der Waals surface area (Å²) in [7, 11) is 0. The summed E-state index contributed by atoms with van der Waals surface area (Å²) in [5, 5.41) is 3.44. The number of imidazole rings is 1. The molecule has 0 bridgehead atoms. The Morgan fingerprint density at radius 2 is 1.77 bits per heavy atom. The Morgan fingerprint density at radius 1 is 0.971 bits per heavy atom. The molecular formula is C29H32ClN3O2. The number of hydrogen-bond acceptors (Lipinski definition) is 3. The molecular weight excluding hydrogens is 458 g/mol. The van der Waals surface area contributed by atoms with Crippen molar-refractivity contribution in [2.24, 2.45) is 0 Å². The quantitative estimate of drug-likeness (QED) is 0.244. The Bertz CT molecular complexity index is 1300. The number of aromatic nitrogens is 2. The molecule has 182 valence electrons. The SMILES string of the molecule is Cc1cccc(OCCCCn2c(CCCNC(=O)c3ccccc3Cl)nc3ccccc32)c1C. The second-order valence-corrected chi connectivity index (χ2v) is 9.17. The van der Waals surface area contributed by atoms with Crippen LogP contribution in [0.5, 0.6) is 5.75 Å². The molecule has 0 unspecified atom stereocenters. The summed E-state index contributed by atoms with van der Waals surface area (Å²) in [5.41, 5.74) is 5.12. The number of ether oxygens (including phenoxy) is 1. The molecule has 4 rings (SSSR count). The number of nitrogens with one attached hydrogen (secondary N) is 1. The van der Waals surface area contributed by atoms with Crippen molar-refractivity contribution in [3.8, 4) is 5.75 Å². The number of benzene rings is 3. The number of carbonyl (C=O) groups is 1. The number of aryl methyl sites for hydroxylation is 3. The first-order valence-corrected chi connectivity index (χ1v) is 12.6. The van der Waals surface area contributed by atoms with Crippen LogP contribution in [-0.4, -0.2) is 28.6 Å². The minimum Gasteiger partial charge on any atom is -0.493 e. The van der Waals surface area contributed by atoms with Gasteiger partial charge in [-0.25, -0.2) is 4.98 Å². The summed E-state index contributed by atoms with van der Waals surface area (Å²) in [4.78, 5) is 17.3. The number of hydrogen-bond donors (Lipinski definition) is 1. The maximum Gasteiger partial charge on any atom is 0.252 e. The lowest BCUT2D eigenvalue weighted by Gasteiger charge is -2.12. The molecule has 5 nitrogen and oxygen atoms in total. The van der Waals surface area contributed by atoms with Gasteiger partial charge >= 0.3 is 0 Å². The molecule has 6 heteroatoms. The van der Waals surface area contributed by atoms with Gasteiger partial charge in [0, 0.05) is 19.5 Å². The number of para-hydroxylation sites is 2. The summed E-state index contributed by atoms with van der Waals surface area (Å²) in [6, 6.07) is 21.5. The van der Waals surface area contributed by atoms with Crippen LogP contribution in [0.1, 0.15) is 46.6 Å². The molecule has 0 spiro atoms. The Balaban J connectivity index is 1.31. The van der Waals surface area contributed by atoms with Crippen LogP contribution < -0.4 is 10.1 Å². The zero-order valence-corrected chi connectivity index (χ0v) is 21.1. The van der Waals surface area contributed by atoms with Crippen molar-refractivity contribution in [3.63, 3.8) is 0 Å². The maximum absolute atomic E-state index is 12.4. The second-order valence-electron chi connectivity index (χ2n) is 8.76. The van der Waals surface area contributed by atoms with Crippen LogP contribution in [0.2, 0.25) is 5.02 Å². The van der Waals surface area contributed by atoms with Gasteiger partial charge in [0.1, 0.15) is 11.6 Å². The van der Waals surface area contributed by atoms with Gasteiger partial charge in [-0.05, 0) is 74.6 Å². The molecule has 0 saturated carbocycles. The van der Waals surface area contributed by atoms with E-state index in [4.69, 9.17) is 21.3 Å². The van der Waals surface area contributed by atoms with Crippen molar-refractivity contribution >= 4 is 28.5 Å². The second kappa shape index (κ2) is 11.9. The lowest BCUT2D eigenvalue weighted by atomic mass is 10.1. The van der Waals surface area contributed by atoms with Gasteiger partial charge < -0.3 is 14.6 Å². The molecule has 0 radical (unpaired) electrons. The van der Waals surface area contributed by atoms with Crippen molar-refractivity contribution < 1.29 is 9.53 Å². The number of fused-ring (bicyclic) bond motifs is 1. The van der Waals surface area contributed by atoms with Crippen molar-refractivity contribution in [2.75, 3.05) is 13.2 Å². The highest BCUT2D eigenvalue weighted by molar-refractivity contribution is 6.33. The fraction of sp³-hybridized carbons (Fsp3) is 0.310. The van der Waals surface area contributed by atoms with E-state index in [1.54, 1.807) is 12.1 Å². The molecule has 0 saturated heterocycles. The van der Waals surface area contributed by atoms with Gasteiger partial charge in [0.15, 0.2) is 0 Å². The minimum atomic E-state index is -0.145. The average molecular weight is 490 g/mol. The lowest BCUT2D eigenvalue weighted by molar-refractivity contribution is 0.0953. The normalized spacial score (nSPS) is 11.1. The zero-order chi connectivity index (χ0) is 24.6. The molecule has 35 heavy (non-hydrogen) atoms. The van der Waals surface area contributed by atoms with Gasteiger partial charge in [0.25, 0.3) is 5.91 Å². The summed E-state index contributed by atoms with van der Waals surface area (Å²) < 4.78 is 8.34. The van der Waals surface area contributed by atoms with Gasteiger partial charge in [-0.15, -0.1) is 0 Å².